The first kappa shape index (κ1) is 20.9. The van der Waals surface area contributed by atoms with Crippen molar-refractivity contribution < 1.29 is 19.1 Å². The molecule has 0 saturated carbocycles. The molecule has 0 saturated heterocycles. The first-order valence-electron chi connectivity index (χ1n) is 8.16. The number of carbonyl (C=O) groups excluding carboxylic acids is 2. The Balaban J connectivity index is 1.78. The normalized spacial score (nSPS) is 11.4. The van der Waals surface area contributed by atoms with E-state index in [-0.39, 0.29) is 11.6 Å². The van der Waals surface area contributed by atoms with Crippen LogP contribution in [0.15, 0.2) is 36.4 Å². The second-order valence-electron chi connectivity index (χ2n) is 5.91. The summed E-state index contributed by atoms with van der Waals surface area (Å²) < 4.78 is 10.9. The van der Waals surface area contributed by atoms with Gasteiger partial charge in [0.15, 0.2) is 12.7 Å². The molecule has 0 heterocycles. The molecule has 0 radical (unpaired) electrons. The molecule has 0 spiro atoms. The van der Waals surface area contributed by atoms with Crippen molar-refractivity contribution in [1.82, 2.24) is 10.9 Å². The molecular formula is C19H20Cl2N2O4. The molecule has 1 unspecified atom stereocenters. The Labute approximate surface area is 167 Å². The Kier molecular flexibility index (Phi) is 7.33. The maximum atomic E-state index is 12.0. The lowest BCUT2D eigenvalue weighted by Crippen LogP contribution is -2.48. The number of aryl methyl sites for hydroxylation is 2. The van der Waals surface area contributed by atoms with Gasteiger partial charge in [-0.1, -0.05) is 29.3 Å². The smallest absolute Gasteiger partial charge is 0.279 e. The van der Waals surface area contributed by atoms with Crippen LogP contribution < -0.4 is 20.3 Å². The van der Waals surface area contributed by atoms with Crippen LogP contribution in [0.3, 0.4) is 0 Å². The minimum atomic E-state index is -0.793. The molecular weight excluding hydrogens is 391 g/mol. The van der Waals surface area contributed by atoms with E-state index < -0.39 is 17.9 Å². The van der Waals surface area contributed by atoms with E-state index >= 15 is 0 Å². The predicted molar refractivity (Wildman–Crippen MR) is 104 cm³/mol. The van der Waals surface area contributed by atoms with E-state index in [1.807, 2.05) is 26.0 Å². The zero-order valence-corrected chi connectivity index (χ0v) is 16.6. The Morgan fingerprint density at radius 1 is 1.04 bits per heavy atom. The van der Waals surface area contributed by atoms with E-state index in [4.69, 9.17) is 32.7 Å². The number of hydrogen-bond donors (Lipinski definition) is 2. The van der Waals surface area contributed by atoms with Crippen molar-refractivity contribution in [2.45, 2.75) is 26.9 Å². The first-order chi connectivity index (χ1) is 12.8. The van der Waals surface area contributed by atoms with Crippen LogP contribution in [-0.4, -0.2) is 24.5 Å². The molecule has 0 aliphatic heterocycles. The third-order valence-corrected chi connectivity index (χ3v) is 4.27. The van der Waals surface area contributed by atoms with E-state index in [2.05, 4.69) is 10.9 Å². The van der Waals surface area contributed by atoms with E-state index in [1.165, 1.54) is 6.07 Å². The molecule has 0 aromatic heterocycles. The summed E-state index contributed by atoms with van der Waals surface area (Å²) in [6.45, 7) is 5.21. The second-order valence-corrected chi connectivity index (χ2v) is 6.75. The number of halogens is 2. The second kappa shape index (κ2) is 9.48. The zero-order chi connectivity index (χ0) is 20.0. The van der Waals surface area contributed by atoms with Crippen molar-refractivity contribution in [2.24, 2.45) is 0 Å². The zero-order valence-electron chi connectivity index (χ0n) is 15.1. The summed E-state index contributed by atoms with van der Waals surface area (Å²) in [5.41, 5.74) is 6.74. The standard InChI is InChI=1S/C19H20Cl2N2O4/c1-11-4-6-15(8-12(11)2)27-13(3)19(25)23-22-18(24)10-26-17-7-5-14(20)9-16(17)21/h4-9,13H,10H2,1-3H3,(H,22,24)(H,23,25). The number of hydrazine groups is 1. The van der Waals surface area contributed by atoms with E-state index in [9.17, 15) is 9.59 Å². The summed E-state index contributed by atoms with van der Waals surface area (Å²) >= 11 is 11.7. The lowest BCUT2D eigenvalue weighted by Gasteiger charge is -2.16. The fraction of sp³-hybridized carbons (Fsp3) is 0.263. The van der Waals surface area contributed by atoms with E-state index in [0.717, 1.165) is 11.1 Å². The quantitative estimate of drug-likeness (QED) is 0.713. The van der Waals surface area contributed by atoms with Gasteiger partial charge in [-0.25, -0.2) is 0 Å². The highest BCUT2D eigenvalue weighted by atomic mass is 35.5. The lowest BCUT2D eigenvalue weighted by atomic mass is 10.1. The summed E-state index contributed by atoms with van der Waals surface area (Å²) in [5, 5.41) is 0.747. The monoisotopic (exact) mass is 410 g/mol. The van der Waals surface area contributed by atoms with Gasteiger partial charge in [-0.3, -0.25) is 20.4 Å². The van der Waals surface area contributed by atoms with Crippen LogP contribution >= 0.6 is 23.2 Å². The van der Waals surface area contributed by atoms with Gasteiger partial charge < -0.3 is 9.47 Å². The van der Waals surface area contributed by atoms with Crippen molar-refractivity contribution in [3.05, 3.63) is 57.6 Å². The topological polar surface area (TPSA) is 76.7 Å². The molecule has 0 aliphatic rings. The minimum Gasteiger partial charge on any atom is -0.482 e. The average Bonchev–Trinajstić information content (AvgIpc) is 2.62. The van der Waals surface area contributed by atoms with E-state index in [0.29, 0.717) is 16.5 Å². The molecule has 0 bridgehead atoms. The Hall–Kier alpha value is -2.44. The number of hydrogen-bond acceptors (Lipinski definition) is 4. The summed E-state index contributed by atoms with van der Waals surface area (Å²) in [5.74, 6) is -0.152. The van der Waals surface area contributed by atoms with Crippen LogP contribution in [0, 0.1) is 13.8 Å². The fourth-order valence-electron chi connectivity index (χ4n) is 2.05. The number of rotatable bonds is 6. The summed E-state index contributed by atoms with van der Waals surface area (Å²) in [6, 6.07) is 10.2. The van der Waals surface area contributed by atoms with Gasteiger partial charge in [-0.2, -0.15) is 0 Å². The molecule has 27 heavy (non-hydrogen) atoms. The van der Waals surface area contributed by atoms with E-state index in [1.54, 1.807) is 25.1 Å². The van der Waals surface area contributed by atoms with Crippen molar-refractivity contribution >= 4 is 35.0 Å². The number of ether oxygens (including phenoxy) is 2. The van der Waals surface area contributed by atoms with Crippen LogP contribution in [0.5, 0.6) is 11.5 Å². The first-order valence-corrected chi connectivity index (χ1v) is 8.92. The SMILES string of the molecule is Cc1ccc(OC(C)C(=O)NNC(=O)COc2ccc(Cl)cc2Cl)cc1C. The van der Waals surface area contributed by atoms with Crippen molar-refractivity contribution in [3.8, 4) is 11.5 Å². The highest BCUT2D eigenvalue weighted by molar-refractivity contribution is 6.35. The maximum absolute atomic E-state index is 12.0. The molecule has 8 heteroatoms. The Bertz CT molecular complexity index is 842. The molecule has 0 aliphatic carbocycles. The molecule has 2 aromatic rings. The Morgan fingerprint density at radius 2 is 1.78 bits per heavy atom. The number of benzene rings is 2. The van der Waals surface area contributed by atoms with Crippen LogP contribution in [0.25, 0.3) is 0 Å². The predicted octanol–water partition coefficient (Wildman–Crippen LogP) is 3.60. The van der Waals surface area contributed by atoms with Gasteiger partial charge in [0.2, 0.25) is 0 Å². The van der Waals surface area contributed by atoms with Gasteiger partial charge >= 0.3 is 0 Å². The van der Waals surface area contributed by atoms with Gasteiger partial charge in [-0.15, -0.1) is 0 Å². The molecule has 1 atom stereocenters. The van der Waals surface area contributed by atoms with Gasteiger partial charge in [0.05, 0.1) is 5.02 Å². The van der Waals surface area contributed by atoms with Crippen molar-refractivity contribution in [1.29, 1.82) is 0 Å². The molecule has 0 fully saturated rings. The largest absolute Gasteiger partial charge is 0.482 e. The van der Waals surface area contributed by atoms with Crippen LogP contribution in [0.2, 0.25) is 10.0 Å². The van der Waals surface area contributed by atoms with Crippen LogP contribution in [-0.2, 0) is 9.59 Å². The molecule has 2 N–H and O–H groups in total. The van der Waals surface area contributed by atoms with Gasteiger partial charge in [0.1, 0.15) is 11.5 Å². The molecule has 2 rings (SSSR count). The molecule has 6 nitrogen and oxygen atoms in total. The maximum Gasteiger partial charge on any atom is 0.279 e. The van der Waals surface area contributed by atoms with Crippen LogP contribution in [0.4, 0.5) is 0 Å². The fourth-order valence-corrected chi connectivity index (χ4v) is 2.51. The number of carbonyl (C=O) groups is 2. The molecule has 2 amide bonds. The number of amides is 2. The highest BCUT2D eigenvalue weighted by Crippen LogP contribution is 2.27. The van der Waals surface area contributed by atoms with Crippen molar-refractivity contribution in [2.75, 3.05) is 6.61 Å². The number of nitrogens with one attached hydrogen (secondary N) is 2. The summed E-state index contributed by atoms with van der Waals surface area (Å²) in [4.78, 5) is 23.8. The third-order valence-electron chi connectivity index (χ3n) is 3.74. The Morgan fingerprint density at radius 3 is 2.44 bits per heavy atom. The van der Waals surface area contributed by atoms with Gasteiger partial charge in [0, 0.05) is 5.02 Å². The van der Waals surface area contributed by atoms with Crippen LogP contribution in [0.1, 0.15) is 18.1 Å². The average molecular weight is 411 g/mol. The minimum absolute atomic E-state index is 0.287. The molecule has 144 valence electrons. The summed E-state index contributed by atoms with van der Waals surface area (Å²) in [7, 11) is 0. The van der Waals surface area contributed by atoms with Gasteiger partial charge in [-0.05, 0) is 62.2 Å². The summed E-state index contributed by atoms with van der Waals surface area (Å²) in [6.07, 6.45) is -0.793. The highest BCUT2D eigenvalue weighted by Gasteiger charge is 2.16. The van der Waals surface area contributed by atoms with Crippen molar-refractivity contribution in [3.63, 3.8) is 0 Å². The van der Waals surface area contributed by atoms with Gasteiger partial charge in [0.25, 0.3) is 11.8 Å². The molecule has 2 aromatic carbocycles. The third kappa shape index (κ3) is 6.34. The lowest BCUT2D eigenvalue weighted by molar-refractivity contribution is -0.133.